The number of para-hydroxylation sites is 2. The van der Waals surface area contributed by atoms with E-state index < -0.39 is 22.0 Å². The van der Waals surface area contributed by atoms with Crippen LogP contribution in [0.4, 0.5) is 11.4 Å². The van der Waals surface area contributed by atoms with E-state index in [0.29, 0.717) is 16.9 Å². The maximum Gasteiger partial charge on any atom is 0.265 e. The number of nitrogens with zero attached hydrogens (tertiary/aromatic N) is 1. The maximum atomic E-state index is 13.9. The largest absolute Gasteiger partial charge is 0.353 e. The van der Waals surface area contributed by atoms with Crippen LogP contribution in [0.3, 0.4) is 0 Å². The molecule has 2 N–H and O–H groups in total. The van der Waals surface area contributed by atoms with Gasteiger partial charge in [-0.3, -0.25) is 13.9 Å². The van der Waals surface area contributed by atoms with Crippen LogP contribution in [0, 0.1) is 13.8 Å². The molecule has 2 amide bonds. The molecule has 1 aliphatic heterocycles. The third kappa shape index (κ3) is 4.90. The molecule has 7 nitrogen and oxygen atoms in total. The second-order valence-electron chi connectivity index (χ2n) is 9.05. The summed E-state index contributed by atoms with van der Waals surface area (Å²) in [6, 6.07) is 10.9. The Labute approximate surface area is 195 Å². The van der Waals surface area contributed by atoms with Crippen LogP contribution < -0.4 is 14.9 Å². The molecule has 1 aliphatic carbocycles. The third-order valence-corrected chi connectivity index (χ3v) is 8.43. The van der Waals surface area contributed by atoms with Crippen LogP contribution in [0.15, 0.2) is 47.4 Å². The summed E-state index contributed by atoms with van der Waals surface area (Å²) in [5, 5.41) is 5.83. The van der Waals surface area contributed by atoms with Crippen LogP contribution in [-0.4, -0.2) is 32.3 Å². The number of carbonyl (C=O) groups excluding carboxylic acids is 2. The van der Waals surface area contributed by atoms with Crippen molar-refractivity contribution in [2.24, 2.45) is 0 Å². The fourth-order valence-electron chi connectivity index (χ4n) is 4.71. The van der Waals surface area contributed by atoms with E-state index >= 15 is 0 Å². The summed E-state index contributed by atoms with van der Waals surface area (Å²) in [5.41, 5.74) is 2.17. The molecule has 0 bridgehead atoms. The summed E-state index contributed by atoms with van der Waals surface area (Å²) in [6.45, 7) is 3.56. The number of rotatable bonds is 5. The molecule has 1 saturated carbocycles. The number of aryl methyl sites for hydroxylation is 2. The van der Waals surface area contributed by atoms with Gasteiger partial charge in [-0.05, 0) is 56.0 Å². The molecular weight excluding hydrogens is 438 g/mol. The first-order chi connectivity index (χ1) is 15.8. The minimum atomic E-state index is -4.10. The fourth-order valence-corrected chi connectivity index (χ4v) is 6.66. The van der Waals surface area contributed by atoms with Gasteiger partial charge in [-0.15, -0.1) is 0 Å². The van der Waals surface area contributed by atoms with Gasteiger partial charge in [0.2, 0.25) is 11.8 Å². The number of hydrogen-bond donors (Lipinski definition) is 2. The summed E-state index contributed by atoms with van der Waals surface area (Å²) in [6.07, 6.45) is 6.05. The molecule has 1 atom stereocenters. The highest BCUT2D eigenvalue weighted by atomic mass is 32.2. The Morgan fingerprint density at radius 1 is 1.06 bits per heavy atom. The Kier molecular flexibility index (Phi) is 6.74. The number of nitrogens with one attached hydrogen (secondary N) is 2. The Balaban J connectivity index is 1.69. The first-order valence-electron chi connectivity index (χ1n) is 11.6. The lowest BCUT2D eigenvalue weighted by Gasteiger charge is -2.37. The highest BCUT2D eigenvalue weighted by Gasteiger charge is 2.42. The quantitative estimate of drug-likeness (QED) is 0.646. The minimum Gasteiger partial charge on any atom is -0.353 e. The van der Waals surface area contributed by atoms with Gasteiger partial charge in [0.15, 0.2) is 0 Å². The van der Waals surface area contributed by atoms with Crippen molar-refractivity contribution < 1.29 is 18.0 Å². The minimum absolute atomic E-state index is 0.0722. The van der Waals surface area contributed by atoms with Gasteiger partial charge >= 0.3 is 0 Å². The molecule has 2 aromatic rings. The van der Waals surface area contributed by atoms with Gasteiger partial charge < -0.3 is 10.6 Å². The first kappa shape index (κ1) is 23.3. The molecule has 4 rings (SSSR count). The second-order valence-corrected chi connectivity index (χ2v) is 10.8. The monoisotopic (exact) mass is 469 g/mol. The number of anilines is 2. The number of benzene rings is 2. The van der Waals surface area contributed by atoms with E-state index in [0.717, 1.165) is 48.4 Å². The number of hydrogen-bond acceptors (Lipinski definition) is 4. The van der Waals surface area contributed by atoms with Crippen molar-refractivity contribution >= 4 is 33.2 Å². The van der Waals surface area contributed by atoms with Crippen molar-refractivity contribution in [3.05, 3.63) is 53.6 Å². The van der Waals surface area contributed by atoms with E-state index in [2.05, 4.69) is 10.6 Å². The van der Waals surface area contributed by atoms with Crippen molar-refractivity contribution in [3.63, 3.8) is 0 Å². The number of amides is 2. The molecule has 1 fully saturated rings. The van der Waals surface area contributed by atoms with Gasteiger partial charge in [-0.25, -0.2) is 8.42 Å². The maximum absolute atomic E-state index is 13.9. The van der Waals surface area contributed by atoms with Crippen LogP contribution in [0.2, 0.25) is 0 Å². The van der Waals surface area contributed by atoms with Gasteiger partial charge in [-0.1, -0.05) is 49.9 Å². The van der Waals surface area contributed by atoms with Gasteiger partial charge in [0.25, 0.3) is 10.0 Å². The lowest BCUT2D eigenvalue weighted by molar-refractivity contribution is -0.125. The van der Waals surface area contributed by atoms with Crippen LogP contribution in [0.25, 0.3) is 0 Å². The molecular formula is C25H31N3O4S. The van der Waals surface area contributed by atoms with Crippen molar-refractivity contribution in [1.82, 2.24) is 5.32 Å². The van der Waals surface area contributed by atoms with Crippen molar-refractivity contribution in [2.45, 2.75) is 75.8 Å². The van der Waals surface area contributed by atoms with E-state index in [-0.39, 0.29) is 23.3 Å². The average Bonchev–Trinajstić information content (AvgIpc) is 3.04. The van der Waals surface area contributed by atoms with E-state index in [1.807, 2.05) is 13.0 Å². The van der Waals surface area contributed by atoms with Crippen molar-refractivity contribution in [3.8, 4) is 0 Å². The molecule has 8 heteroatoms. The average molecular weight is 470 g/mol. The van der Waals surface area contributed by atoms with Gasteiger partial charge in [-0.2, -0.15) is 0 Å². The van der Waals surface area contributed by atoms with E-state index in [1.54, 1.807) is 43.3 Å². The van der Waals surface area contributed by atoms with E-state index in [1.165, 1.54) is 0 Å². The van der Waals surface area contributed by atoms with Crippen LogP contribution in [-0.2, 0) is 19.6 Å². The topological polar surface area (TPSA) is 95.6 Å². The highest BCUT2D eigenvalue weighted by molar-refractivity contribution is 7.93. The lowest BCUT2D eigenvalue weighted by Crippen LogP contribution is -2.53. The predicted molar refractivity (Wildman–Crippen MR) is 129 cm³/mol. The standard InChI is InChI=1S/C25H31N3O4S/c1-17-13-14-18(2)23(15-17)33(31,32)28-21-12-8-7-11-20(21)27-25(30)22(28)16-24(29)26-19-9-5-3-4-6-10-19/h7-8,11-15,19,22H,3-6,9-10,16H2,1-2H3,(H,26,29)(H,27,30). The zero-order valence-corrected chi connectivity index (χ0v) is 20.0. The molecule has 0 radical (unpaired) electrons. The summed E-state index contributed by atoms with van der Waals surface area (Å²) in [5.74, 6) is -0.804. The summed E-state index contributed by atoms with van der Waals surface area (Å²) < 4.78 is 29.0. The Bertz CT molecular complexity index is 1150. The summed E-state index contributed by atoms with van der Waals surface area (Å²) in [4.78, 5) is 26.2. The number of carbonyl (C=O) groups is 2. The van der Waals surface area contributed by atoms with E-state index in [9.17, 15) is 18.0 Å². The smallest absolute Gasteiger partial charge is 0.265 e. The Morgan fingerprint density at radius 2 is 1.76 bits per heavy atom. The van der Waals surface area contributed by atoms with Crippen LogP contribution in [0.1, 0.15) is 56.1 Å². The molecule has 33 heavy (non-hydrogen) atoms. The normalized spacial score (nSPS) is 19.4. The van der Waals surface area contributed by atoms with Gasteiger partial charge in [0.1, 0.15) is 6.04 Å². The van der Waals surface area contributed by atoms with E-state index in [4.69, 9.17) is 0 Å². The molecule has 0 aromatic heterocycles. The molecule has 176 valence electrons. The number of sulfonamides is 1. The van der Waals surface area contributed by atoms with Crippen LogP contribution in [0.5, 0.6) is 0 Å². The molecule has 1 heterocycles. The zero-order valence-electron chi connectivity index (χ0n) is 19.1. The number of fused-ring (bicyclic) bond motifs is 1. The van der Waals surface area contributed by atoms with Crippen molar-refractivity contribution in [1.29, 1.82) is 0 Å². The molecule has 1 unspecified atom stereocenters. The van der Waals surface area contributed by atoms with Crippen molar-refractivity contribution in [2.75, 3.05) is 9.62 Å². The van der Waals surface area contributed by atoms with Gasteiger partial charge in [0, 0.05) is 6.04 Å². The molecule has 0 spiro atoms. The highest BCUT2D eigenvalue weighted by Crippen LogP contribution is 2.38. The summed E-state index contributed by atoms with van der Waals surface area (Å²) >= 11 is 0. The molecule has 2 aliphatic rings. The lowest BCUT2D eigenvalue weighted by atomic mass is 10.1. The predicted octanol–water partition coefficient (Wildman–Crippen LogP) is 4.05. The fraction of sp³-hybridized carbons (Fsp3) is 0.440. The second kappa shape index (κ2) is 9.55. The van der Waals surface area contributed by atoms with Gasteiger partial charge in [0.05, 0.1) is 22.7 Å². The molecule has 2 aromatic carbocycles. The van der Waals surface area contributed by atoms with Crippen LogP contribution >= 0.6 is 0 Å². The first-order valence-corrected chi connectivity index (χ1v) is 13.0. The Morgan fingerprint density at radius 3 is 2.48 bits per heavy atom. The SMILES string of the molecule is Cc1ccc(C)c(S(=O)(=O)N2c3ccccc3NC(=O)C2CC(=O)NC2CCCCCC2)c1. The molecule has 0 saturated heterocycles. The zero-order chi connectivity index (χ0) is 23.6. The third-order valence-electron chi connectivity index (χ3n) is 6.46. The summed E-state index contributed by atoms with van der Waals surface area (Å²) in [7, 11) is -4.10. The Hall–Kier alpha value is -2.87.